The van der Waals surface area contributed by atoms with Crippen LogP contribution >= 0.6 is 0 Å². The Balaban J connectivity index is 1.73. The van der Waals surface area contributed by atoms with Crippen molar-refractivity contribution in [2.24, 2.45) is 0 Å². The number of ether oxygens (including phenoxy) is 1. The number of amides is 1. The molecule has 1 aromatic carbocycles. The zero-order valence-electron chi connectivity index (χ0n) is 13.7. The molecule has 0 fully saturated rings. The van der Waals surface area contributed by atoms with Crippen LogP contribution in [-0.4, -0.2) is 39.2 Å². The summed E-state index contributed by atoms with van der Waals surface area (Å²) in [5.41, 5.74) is 1.81. The van der Waals surface area contributed by atoms with Crippen LogP contribution in [-0.2, 0) is 19.5 Å². The molecule has 1 aliphatic heterocycles. The van der Waals surface area contributed by atoms with Gasteiger partial charge < -0.3 is 14.2 Å². The second-order valence-corrected chi connectivity index (χ2v) is 5.88. The Morgan fingerprint density at radius 3 is 3.13 bits per heavy atom. The van der Waals surface area contributed by atoms with Crippen LogP contribution in [0.1, 0.15) is 41.5 Å². The smallest absolute Gasteiger partial charge is 0.254 e. The Kier molecular flexibility index (Phi) is 4.60. The van der Waals surface area contributed by atoms with Gasteiger partial charge in [0, 0.05) is 19.2 Å². The van der Waals surface area contributed by atoms with Crippen molar-refractivity contribution in [1.29, 1.82) is 0 Å². The number of hydrogen-bond acceptors (Lipinski definition) is 4. The Morgan fingerprint density at radius 1 is 1.43 bits per heavy atom. The van der Waals surface area contributed by atoms with Gasteiger partial charge in [0.1, 0.15) is 12.1 Å². The largest absolute Gasteiger partial charge is 0.493 e. The first-order valence-electron chi connectivity index (χ1n) is 8.07. The van der Waals surface area contributed by atoms with E-state index in [2.05, 4.69) is 17.1 Å². The van der Waals surface area contributed by atoms with Crippen molar-refractivity contribution < 1.29 is 9.53 Å². The lowest BCUT2D eigenvalue weighted by molar-refractivity contribution is 0.0779. The molecule has 1 amide bonds. The maximum atomic E-state index is 12.7. The molecule has 0 N–H and O–H groups in total. The number of fused-ring (bicyclic) bond motifs is 1. The quantitative estimate of drug-likeness (QED) is 0.849. The minimum absolute atomic E-state index is 0.00979. The number of aryl methyl sites for hydroxylation is 2. The monoisotopic (exact) mass is 314 g/mol. The first-order chi connectivity index (χ1) is 11.2. The Labute approximate surface area is 136 Å². The standard InChI is InChI=1S/C17H22N4O2/c1-3-8-21-12-18-19-16(21)11-20(2)17(22)14-6-7-15-13(10-14)5-4-9-23-15/h6-7,10,12H,3-5,8-9,11H2,1-2H3. The normalized spacial score (nSPS) is 13.3. The van der Waals surface area contributed by atoms with E-state index in [1.807, 2.05) is 22.8 Å². The average Bonchev–Trinajstić information content (AvgIpc) is 3.01. The van der Waals surface area contributed by atoms with Gasteiger partial charge in [0.15, 0.2) is 5.82 Å². The summed E-state index contributed by atoms with van der Waals surface area (Å²) < 4.78 is 7.59. The van der Waals surface area contributed by atoms with Gasteiger partial charge in [0.25, 0.3) is 5.91 Å². The number of nitrogens with zero attached hydrogens (tertiary/aromatic N) is 4. The highest BCUT2D eigenvalue weighted by atomic mass is 16.5. The summed E-state index contributed by atoms with van der Waals surface area (Å²) in [7, 11) is 1.79. The highest BCUT2D eigenvalue weighted by Crippen LogP contribution is 2.26. The Morgan fingerprint density at radius 2 is 2.30 bits per heavy atom. The van der Waals surface area contributed by atoms with E-state index in [1.165, 1.54) is 0 Å². The first-order valence-corrected chi connectivity index (χ1v) is 8.07. The fourth-order valence-electron chi connectivity index (χ4n) is 2.83. The summed E-state index contributed by atoms with van der Waals surface area (Å²) in [6.45, 7) is 4.17. The van der Waals surface area contributed by atoms with Crippen LogP contribution in [0.2, 0.25) is 0 Å². The van der Waals surface area contributed by atoms with E-state index in [0.717, 1.165) is 49.6 Å². The van der Waals surface area contributed by atoms with E-state index in [1.54, 1.807) is 18.3 Å². The highest BCUT2D eigenvalue weighted by molar-refractivity contribution is 5.94. The second kappa shape index (κ2) is 6.81. The molecule has 6 nitrogen and oxygen atoms in total. The fraction of sp³-hybridized carbons (Fsp3) is 0.471. The summed E-state index contributed by atoms with van der Waals surface area (Å²) in [5, 5.41) is 8.06. The molecule has 0 saturated carbocycles. The third-order valence-corrected chi connectivity index (χ3v) is 4.04. The molecule has 0 radical (unpaired) electrons. The predicted octanol–water partition coefficient (Wildman–Crippen LogP) is 2.29. The van der Waals surface area contributed by atoms with Crippen LogP contribution in [0.4, 0.5) is 0 Å². The maximum Gasteiger partial charge on any atom is 0.254 e. The highest BCUT2D eigenvalue weighted by Gasteiger charge is 2.18. The lowest BCUT2D eigenvalue weighted by Crippen LogP contribution is -2.28. The van der Waals surface area contributed by atoms with Crippen LogP contribution in [0, 0.1) is 0 Å². The molecule has 2 heterocycles. The van der Waals surface area contributed by atoms with Crippen LogP contribution in [0.3, 0.4) is 0 Å². The topological polar surface area (TPSA) is 60.2 Å². The van der Waals surface area contributed by atoms with Crippen LogP contribution in [0.25, 0.3) is 0 Å². The number of rotatable bonds is 5. The van der Waals surface area contributed by atoms with Crippen molar-refractivity contribution in [3.63, 3.8) is 0 Å². The summed E-state index contributed by atoms with van der Waals surface area (Å²) >= 11 is 0. The van der Waals surface area contributed by atoms with E-state index >= 15 is 0 Å². The molecule has 0 unspecified atom stereocenters. The second-order valence-electron chi connectivity index (χ2n) is 5.88. The van der Waals surface area contributed by atoms with Gasteiger partial charge in [0.2, 0.25) is 0 Å². The molecule has 23 heavy (non-hydrogen) atoms. The van der Waals surface area contributed by atoms with E-state index in [9.17, 15) is 4.79 Å². The molecule has 0 spiro atoms. The van der Waals surface area contributed by atoms with Crippen molar-refractivity contribution in [3.8, 4) is 5.75 Å². The molecule has 3 rings (SSSR count). The van der Waals surface area contributed by atoms with Gasteiger partial charge >= 0.3 is 0 Å². The number of aromatic nitrogens is 3. The molecule has 1 aliphatic rings. The molecule has 0 bridgehead atoms. The molecular formula is C17H22N4O2. The van der Waals surface area contributed by atoms with E-state index in [0.29, 0.717) is 12.1 Å². The summed E-state index contributed by atoms with van der Waals surface area (Å²) in [4.78, 5) is 14.3. The van der Waals surface area contributed by atoms with Crippen LogP contribution in [0.15, 0.2) is 24.5 Å². The van der Waals surface area contributed by atoms with Gasteiger partial charge in [-0.1, -0.05) is 6.92 Å². The van der Waals surface area contributed by atoms with Crippen LogP contribution < -0.4 is 4.74 Å². The minimum Gasteiger partial charge on any atom is -0.493 e. The number of benzene rings is 1. The molecule has 2 aromatic rings. The van der Waals surface area contributed by atoms with Gasteiger partial charge in [-0.2, -0.15) is 0 Å². The van der Waals surface area contributed by atoms with Crippen molar-refractivity contribution in [2.75, 3.05) is 13.7 Å². The van der Waals surface area contributed by atoms with Crippen molar-refractivity contribution >= 4 is 5.91 Å². The Bertz CT molecular complexity index is 696. The zero-order valence-corrected chi connectivity index (χ0v) is 13.7. The third kappa shape index (κ3) is 3.36. The minimum atomic E-state index is -0.00979. The molecule has 0 saturated heterocycles. The maximum absolute atomic E-state index is 12.7. The molecular weight excluding hydrogens is 292 g/mol. The fourth-order valence-corrected chi connectivity index (χ4v) is 2.83. The SMILES string of the molecule is CCCn1cnnc1CN(C)C(=O)c1ccc2c(c1)CCCO2. The molecule has 122 valence electrons. The van der Waals surface area contributed by atoms with E-state index < -0.39 is 0 Å². The molecule has 0 aliphatic carbocycles. The van der Waals surface area contributed by atoms with E-state index in [4.69, 9.17) is 4.74 Å². The van der Waals surface area contributed by atoms with Gasteiger partial charge in [0.05, 0.1) is 13.2 Å². The summed E-state index contributed by atoms with van der Waals surface area (Å²) in [6.07, 6.45) is 4.69. The average molecular weight is 314 g/mol. The Hall–Kier alpha value is -2.37. The van der Waals surface area contributed by atoms with Gasteiger partial charge in [-0.15, -0.1) is 10.2 Å². The molecule has 0 atom stereocenters. The summed E-state index contributed by atoms with van der Waals surface area (Å²) in [6, 6.07) is 5.68. The molecule has 6 heteroatoms. The number of carbonyl (C=O) groups is 1. The van der Waals surface area contributed by atoms with Crippen molar-refractivity contribution in [2.45, 2.75) is 39.3 Å². The lowest BCUT2D eigenvalue weighted by atomic mass is 10.0. The molecule has 1 aromatic heterocycles. The lowest BCUT2D eigenvalue weighted by Gasteiger charge is -2.20. The van der Waals surface area contributed by atoms with Gasteiger partial charge in [-0.25, -0.2) is 0 Å². The van der Waals surface area contributed by atoms with Crippen molar-refractivity contribution in [1.82, 2.24) is 19.7 Å². The predicted molar refractivity (Wildman–Crippen MR) is 86.4 cm³/mol. The van der Waals surface area contributed by atoms with Gasteiger partial charge in [-0.05, 0) is 43.0 Å². The first kappa shape index (κ1) is 15.5. The van der Waals surface area contributed by atoms with Crippen molar-refractivity contribution in [3.05, 3.63) is 41.5 Å². The zero-order chi connectivity index (χ0) is 16.2. The summed E-state index contributed by atoms with van der Waals surface area (Å²) in [5.74, 6) is 1.70. The van der Waals surface area contributed by atoms with E-state index in [-0.39, 0.29) is 5.91 Å². The number of carbonyl (C=O) groups excluding carboxylic acids is 1. The third-order valence-electron chi connectivity index (χ3n) is 4.04. The van der Waals surface area contributed by atoms with Gasteiger partial charge in [-0.3, -0.25) is 4.79 Å². The van der Waals surface area contributed by atoms with Crippen LogP contribution in [0.5, 0.6) is 5.75 Å². The number of hydrogen-bond donors (Lipinski definition) is 0.